The van der Waals surface area contributed by atoms with Gasteiger partial charge in [0.2, 0.25) is 0 Å². The quantitative estimate of drug-likeness (QED) is 0.910. The van der Waals surface area contributed by atoms with Crippen molar-refractivity contribution in [2.45, 2.75) is 39.8 Å². The van der Waals surface area contributed by atoms with Crippen LogP contribution in [0.2, 0.25) is 0 Å². The molecule has 5 nitrogen and oxygen atoms in total. The van der Waals surface area contributed by atoms with Gasteiger partial charge < -0.3 is 10.1 Å². The molecule has 0 fully saturated rings. The van der Waals surface area contributed by atoms with Crippen LogP contribution in [0.4, 0.5) is 0 Å². The van der Waals surface area contributed by atoms with Crippen LogP contribution in [0, 0.1) is 0 Å². The molecule has 1 N–H and O–H groups in total. The summed E-state index contributed by atoms with van der Waals surface area (Å²) in [6.07, 6.45) is 1.79. The third kappa shape index (κ3) is 4.06. The normalized spacial score (nSPS) is 11.6. The molecule has 1 aromatic carbocycles. The zero-order valence-corrected chi connectivity index (χ0v) is 12.6. The summed E-state index contributed by atoms with van der Waals surface area (Å²) in [6.45, 7) is 9.73. The van der Waals surface area contributed by atoms with Crippen molar-refractivity contribution in [1.29, 1.82) is 0 Å². The Hall–Kier alpha value is -1.88. The maximum Gasteiger partial charge on any atom is 0.119 e. The Morgan fingerprint density at radius 2 is 1.90 bits per heavy atom. The van der Waals surface area contributed by atoms with Crippen LogP contribution in [0.5, 0.6) is 5.75 Å². The van der Waals surface area contributed by atoms with Crippen LogP contribution < -0.4 is 10.1 Å². The van der Waals surface area contributed by atoms with Crippen molar-refractivity contribution in [2.75, 3.05) is 6.61 Å². The summed E-state index contributed by atoms with van der Waals surface area (Å²) in [5.74, 6) is 0.859. The molecule has 0 bridgehead atoms. The van der Waals surface area contributed by atoms with Crippen LogP contribution in [0.1, 0.15) is 33.4 Å². The molecule has 1 heterocycles. The summed E-state index contributed by atoms with van der Waals surface area (Å²) in [5, 5.41) is 12.1. The second-order valence-corrected chi connectivity index (χ2v) is 5.66. The van der Waals surface area contributed by atoms with E-state index in [1.165, 1.54) is 0 Å². The number of rotatable bonds is 5. The number of nitrogens with zero attached hydrogens (tertiary/aromatic N) is 3. The predicted molar refractivity (Wildman–Crippen MR) is 79.1 cm³/mol. The van der Waals surface area contributed by atoms with E-state index in [4.69, 9.17) is 4.74 Å². The molecule has 0 spiro atoms. The first-order valence-corrected chi connectivity index (χ1v) is 6.87. The van der Waals surface area contributed by atoms with Gasteiger partial charge >= 0.3 is 0 Å². The van der Waals surface area contributed by atoms with Gasteiger partial charge in [0, 0.05) is 12.1 Å². The molecule has 0 aliphatic rings. The van der Waals surface area contributed by atoms with Crippen molar-refractivity contribution in [3.63, 3.8) is 0 Å². The Morgan fingerprint density at radius 3 is 2.50 bits per heavy atom. The first-order valence-electron chi connectivity index (χ1n) is 6.87. The maximum absolute atomic E-state index is 5.42. The molecule has 0 aliphatic heterocycles. The molecule has 2 aromatic rings. The van der Waals surface area contributed by atoms with Crippen molar-refractivity contribution in [3.05, 3.63) is 36.2 Å². The average molecular weight is 274 g/mol. The van der Waals surface area contributed by atoms with Crippen LogP contribution in [0.25, 0.3) is 5.69 Å². The predicted octanol–water partition coefficient (Wildman–Crippen LogP) is 2.55. The number of aromatic nitrogens is 3. The molecule has 20 heavy (non-hydrogen) atoms. The van der Waals surface area contributed by atoms with Crippen molar-refractivity contribution in [1.82, 2.24) is 20.3 Å². The fourth-order valence-corrected chi connectivity index (χ4v) is 1.70. The van der Waals surface area contributed by atoms with Gasteiger partial charge in [0.15, 0.2) is 0 Å². The molecule has 0 saturated heterocycles. The van der Waals surface area contributed by atoms with Crippen LogP contribution in [0.3, 0.4) is 0 Å². The molecular weight excluding hydrogens is 252 g/mol. The number of ether oxygens (including phenoxy) is 1. The number of hydrogen-bond acceptors (Lipinski definition) is 4. The van der Waals surface area contributed by atoms with E-state index in [1.807, 2.05) is 31.2 Å². The van der Waals surface area contributed by atoms with Crippen LogP contribution in [-0.4, -0.2) is 27.1 Å². The van der Waals surface area contributed by atoms with Gasteiger partial charge in [0.05, 0.1) is 24.2 Å². The van der Waals surface area contributed by atoms with Gasteiger partial charge in [-0.2, -0.15) is 15.0 Å². The highest BCUT2D eigenvalue weighted by Gasteiger charge is 2.10. The first kappa shape index (κ1) is 14.5. The Labute approximate surface area is 120 Å². The summed E-state index contributed by atoms with van der Waals surface area (Å²) >= 11 is 0. The van der Waals surface area contributed by atoms with E-state index in [0.29, 0.717) is 13.2 Å². The maximum atomic E-state index is 5.42. The van der Waals surface area contributed by atoms with Crippen molar-refractivity contribution >= 4 is 0 Å². The third-order valence-electron chi connectivity index (χ3n) is 2.72. The average Bonchev–Trinajstić information content (AvgIpc) is 2.86. The van der Waals surface area contributed by atoms with Gasteiger partial charge in [0.1, 0.15) is 5.75 Å². The summed E-state index contributed by atoms with van der Waals surface area (Å²) in [4.78, 5) is 1.63. The van der Waals surface area contributed by atoms with Gasteiger partial charge in [-0.05, 0) is 52.0 Å². The number of nitrogens with one attached hydrogen (secondary N) is 1. The molecule has 0 amide bonds. The Balaban J connectivity index is 2.04. The minimum Gasteiger partial charge on any atom is -0.494 e. The highest BCUT2D eigenvalue weighted by atomic mass is 16.5. The minimum absolute atomic E-state index is 0.0723. The lowest BCUT2D eigenvalue weighted by atomic mass is 10.1. The van der Waals surface area contributed by atoms with Gasteiger partial charge in [-0.15, -0.1) is 0 Å². The molecule has 5 heteroatoms. The number of benzene rings is 1. The van der Waals surface area contributed by atoms with Gasteiger partial charge in [-0.1, -0.05) is 0 Å². The van der Waals surface area contributed by atoms with E-state index in [1.54, 1.807) is 11.0 Å². The van der Waals surface area contributed by atoms with E-state index >= 15 is 0 Å². The van der Waals surface area contributed by atoms with Crippen LogP contribution >= 0.6 is 0 Å². The molecule has 0 saturated carbocycles. The van der Waals surface area contributed by atoms with E-state index in [-0.39, 0.29) is 5.54 Å². The second-order valence-electron chi connectivity index (χ2n) is 5.66. The third-order valence-corrected chi connectivity index (χ3v) is 2.72. The first-order chi connectivity index (χ1) is 9.48. The van der Waals surface area contributed by atoms with Gasteiger partial charge in [-0.3, -0.25) is 0 Å². The summed E-state index contributed by atoms with van der Waals surface area (Å²) < 4.78 is 5.42. The van der Waals surface area contributed by atoms with Crippen molar-refractivity contribution in [3.8, 4) is 11.4 Å². The summed E-state index contributed by atoms with van der Waals surface area (Å²) in [7, 11) is 0. The Morgan fingerprint density at radius 1 is 1.20 bits per heavy atom. The lowest BCUT2D eigenvalue weighted by Gasteiger charge is -2.19. The molecule has 0 aliphatic carbocycles. The van der Waals surface area contributed by atoms with Gasteiger partial charge in [0.25, 0.3) is 0 Å². The Bertz CT molecular complexity index is 540. The standard InChI is InChI=1S/C15H22N4O/c1-5-20-14-8-6-13(7-9-14)19-17-11-12(18-19)10-16-15(2,3)4/h6-9,11,16H,5,10H2,1-4H3. The van der Waals surface area contributed by atoms with Gasteiger partial charge in [-0.25, -0.2) is 0 Å². The molecule has 2 rings (SSSR count). The van der Waals surface area contributed by atoms with E-state index in [0.717, 1.165) is 17.1 Å². The van der Waals surface area contributed by atoms with Crippen LogP contribution in [-0.2, 0) is 6.54 Å². The van der Waals surface area contributed by atoms with E-state index in [2.05, 4.69) is 36.3 Å². The molecule has 0 radical (unpaired) electrons. The van der Waals surface area contributed by atoms with Crippen LogP contribution in [0.15, 0.2) is 30.5 Å². The zero-order valence-electron chi connectivity index (χ0n) is 12.6. The molecule has 0 unspecified atom stereocenters. The number of hydrogen-bond donors (Lipinski definition) is 1. The highest BCUT2D eigenvalue weighted by Crippen LogP contribution is 2.14. The Kier molecular flexibility index (Phi) is 4.39. The smallest absolute Gasteiger partial charge is 0.119 e. The largest absolute Gasteiger partial charge is 0.494 e. The lowest BCUT2D eigenvalue weighted by molar-refractivity contribution is 0.340. The molecule has 0 atom stereocenters. The molecule has 108 valence electrons. The molecular formula is C15H22N4O. The molecule has 1 aromatic heterocycles. The minimum atomic E-state index is 0.0723. The fraction of sp³-hybridized carbons (Fsp3) is 0.467. The zero-order chi connectivity index (χ0) is 14.6. The van der Waals surface area contributed by atoms with Crippen molar-refractivity contribution in [2.24, 2.45) is 0 Å². The topological polar surface area (TPSA) is 52.0 Å². The van der Waals surface area contributed by atoms with E-state index in [9.17, 15) is 0 Å². The summed E-state index contributed by atoms with van der Waals surface area (Å²) in [5.41, 5.74) is 1.92. The van der Waals surface area contributed by atoms with E-state index < -0.39 is 0 Å². The summed E-state index contributed by atoms with van der Waals surface area (Å²) in [6, 6.07) is 7.75. The highest BCUT2D eigenvalue weighted by molar-refractivity contribution is 5.35. The SMILES string of the molecule is CCOc1ccc(-n2ncc(CNC(C)(C)C)n2)cc1. The second kappa shape index (κ2) is 6.05. The lowest BCUT2D eigenvalue weighted by Crippen LogP contribution is -2.35. The van der Waals surface area contributed by atoms with Crippen molar-refractivity contribution < 1.29 is 4.74 Å². The monoisotopic (exact) mass is 274 g/mol. The fourth-order valence-electron chi connectivity index (χ4n) is 1.70.